The summed E-state index contributed by atoms with van der Waals surface area (Å²) in [6, 6.07) is 13.8. The second-order valence-corrected chi connectivity index (χ2v) is 8.81. The van der Waals surface area contributed by atoms with Gasteiger partial charge in [0.05, 0.1) is 17.4 Å². The Morgan fingerprint density at radius 3 is 2.45 bits per heavy atom. The Balaban J connectivity index is 1.91. The van der Waals surface area contributed by atoms with Gasteiger partial charge < -0.3 is 15.2 Å². The second-order valence-electron chi connectivity index (χ2n) is 7.46. The number of halogens is 1. The minimum atomic E-state index is -1.07. The van der Waals surface area contributed by atoms with Crippen LogP contribution in [0.15, 0.2) is 53.7 Å². The van der Waals surface area contributed by atoms with Gasteiger partial charge in [-0.1, -0.05) is 49.3 Å². The lowest BCUT2D eigenvalue weighted by Crippen LogP contribution is -2.45. The lowest BCUT2D eigenvalue weighted by molar-refractivity contribution is -0.142. The van der Waals surface area contributed by atoms with Crippen LogP contribution >= 0.6 is 23.4 Å². The molecule has 1 atom stereocenters. The zero-order valence-corrected chi connectivity index (χ0v) is 20.1. The van der Waals surface area contributed by atoms with E-state index in [2.05, 4.69) is 15.5 Å². The van der Waals surface area contributed by atoms with E-state index in [1.165, 1.54) is 0 Å². The van der Waals surface area contributed by atoms with Crippen LogP contribution in [-0.4, -0.2) is 50.1 Å². The van der Waals surface area contributed by atoms with Gasteiger partial charge in [-0.25, -0.2) is 4.79 Å². The van der Waals surface area contributed by atoms with Gasteiger partial charge in [-0.15, -0.1) is 10.2 Å². The summed E-state index contributed by atoms with van der Waals surface area (Å²) in [7, 11) is 0. The molecule has 0 fully saturated rings. The van der Waals surface area contributed by atoms with Crippen LogP contribution in [0.5, 0.6) is 5.75 Å². The first-order valence-corrected chi connectivity index (χ1v) is 11.8. The number of carboxylic acids is 1. The molecule has 0 aliphatic carbocycles. The van der Waals surface area contributed by atoms with Gasteiger partial charge in [0.2, 0.25) is 5.91 Å². The molecule has 2 aromatic carbocycles. The number of hydrogen-bond acceptors (Lipinski definition) is 6. The summed E-state index contributed by atoms with van der Waals surface area (Å²) in [6.45, 7) is 5.95. The van der Waals surface area contributed by atoms with Crippen LogP contribution in [0, 0.1) is 5.92 Å². The molecule has 0 spiro atoms. The van der Waals surface area contributed by atoms with E-state index in [1.54, 1.807) is 19.9 Å². The van der Waals surface area contributed by atoms with E-state index in [0.717, 1.165) is 23.2 Å². The van der Waals surface area contributed by atoms with Crippen molar-refractivity contribution in [3.8, 4) is 22.8 Å². The van der Waals surface area contributed by atoms with E-state index < -0.39 is 17.9 Å². The van der Waals surface area contributed by atoms with Gasteiger partial charge in [0.25, 0.3) is 0 Å². The molecule has 1 aromatic heterocycles. The molecule has 3 aromatic rings. The van der Waals surface area contributed by atoms with Crippen molar-refractivity contribution < 1.29 is 19.4 Å². The van der Waals surface area contributed by atoms with Crippen LogP contribution in [0.4, 0.5) is 0 Å². The number of carboxylic acid groups (broad SMARTS) is 1. The third kappa shape index (κ3) is 6.06. The lowest BCUT2D eigenvalue weighted by atomic mass is 10.1. The number of amides is 1. The molecule has 10 heteroatoms. The number of ether oxygens (including phenoxy) is 1. The highest BCUT2D eigenvalue weighted by Gasteiger charge is 2.24. The van der Waals surface area contributed by atoms with E-state index in [-0.39, 0.29) is 11.7 Å². The summed E-state index contributed by atoms with van der Waals surface area (Å²) in [5.74, 6) is -0.470. The van der Waals surface area contributed by atoms with Gasteiger partial charge in [0.1, 0.15) is 11.8 Å². The fourth-order valence-electron chi connectivity index (χ4n) is 3.13. The topological polar surface area (TPSA) is 106 Å². The first-order valence-electron chi connectivity index (χ1n) is 10.4. The molecule has 0 bridgehead atoms. The first kappa shape index (κ1) is 24.6. The smallest absolute Gasteiger partial charge is 0.326 e. The van der Waals surface area contributed by atoms with Crippen molar-refractivity contribution in [3.63, 3.8) is 0 Å². The number of benzene rings is 2. The average molecular weight is 489 g/mol. The number of carbonyl (C=O) groups excluding carboxylic acids is 1. The van der Waals surface area contributed by atoms with Crippen molar-refractivity contribution in [3.05, 3.63) is 53.6 Å². The quantitative estimate of drug-likeness (QED) is 0.409. The largest absolute Gasteiger partial charge is 0.494 e. The molecule has 0 radical (unpaired) electrons. The molecule has 174 valence electrons. The van der Waals surface area contributed by atoms with Crippen LogP contribution in [0.25, 0.3) is 17.1 Å². The van der Waals surface area contributed by atoms with Crippen LogP contribution in [0.1, 0.15) is 20.8 Å². The van der Waals surface area contributed by atoms with E-state index in [4.69, 9.17) is 16.3 Å². The van der Waals surface area contributed by atoms with Crippen molar-refractivity contribution in [2.45, 2.75) is 32.0 Å². The molecule has 8 nitrogen and oxygen atoms in total. The highest BCUT2D eigenvalue weighted by atomic mass is 35.5. The zero-order chi connectivity index (χ0) is 24.0. The van der Waals surface area contributed by atoms with Crippen molar-refractivity contribution in [1.29, 1.82) is 0 Å². The van der Waals surface area contributed by atoms with Crippen molar-refractivity contribution in [1.82, 2.24) is 20.1 Å². The molecule has 1 amide bonds. The average Bonchev–Trinajstić information content (AvgIpc) is 3.20. The zero-order valence-electron chi connectivity index (χ0n) is 18.5. The summed E-state index contributed by atoms with van der Waals surface area (Å²) < 4.78 is 7.34. The fourth-order valence-corrected chi connectivity index (χ4v) is 4.11. The molecule has 0 aliphatic rings. The summed E-state index contributed by atoms with van der Waals surface area (Å²) >= 11 is 7.57. The van der Waals surface area contributed by atoms with Crippen molar-refractivity contribution in [2.75, 3.05) is 12.4 Å². The molecule has 33 heavy (non-hydrogen) atoms. The van der Waals surface area contributed by atoms with Gasteiger partial charge in [-0.2, -0.15) is 0 Å². The molecule has 2 N–H and O–H groups in total. The van der Waals surface area contributed by atoms with E-state index in [9.17, 15) is 14.7 Å². The molecule has 0 aliphatic heterocycles. The van der Waals surface area contributed by atoms with Crippen LogP contribution in [0.2, 0.25) is 5.02 Å². The monoisotopic (exact) mass is 488 g/mol. The Labute approximate surface area is 201 Å². The maximum atomic E-state index is 12.4. The molecule has 1 heterocycles. The summed E-state index contributed by atoms with van der Waals surface area (Å²) in [5, 5.41) is 21.5. The molecular weight excluding hydrogens is 464 g/mol. The standard InChI is InChI=1S/C23H25ClN4O4S/c1-4-32-16-11-9-15(10-12-16)28-21(17-7-5-6-8-18(17)24)26-27-23(28)33-13-19(29)25-20(14(2)3)22(30)31/h5-12,14,20H,4,13H2,1-3H3,(H,25,29)(H,30,31)/t20-/m0/s1. The Morgan fingerprint density at radius 2 is 1.85 bits per heavy atom. The lowest BCUT2D eigenvalue weighted by Gasteiger charge is -2.17. The predicted octanol–water partition coefficient (Wildman–Crippen LogP) is 4.30. The minimum Gasteiger partial charge on any atom is -0.494 e. The number of nitrogens with one attached hydrogen (secondary N) is 1. The number of thioether (sulfide) groups is 1. The van der Waals surface area contributed by atoms with Gasteiger partial charge in [0.15, 0.2) is 11.0 Å². The maximum Gasteiger partial charge on any atom is 0.326 e. The number of carbonyl (C=O) groups is 2. The second kappa shape index (κ2) is 11.2. The summed E-state index contributed by atoms with van der Waals surface area (Å²) in [5.41, 5.74) is 1.47. The van der Waals surface area contributed by atoms with Gasteiger partial charge in [-0.05, 0) is 49.2 Å². The fraction of sp³-hybridized carbons (Fsp3) is 0.304. The van der Waals surface area contributed by atoms with Crippen LogP contribution in [-0.2, 0) is 9.59 Å². The first-order chi connectivity index (χ1) is 15.8. The number of rotatable bonds is 10. The Kier molecular flexibility index (Phi) is 8.35. The van der Waals surface area contributed by atoms with Gasteiger partial charge >= 0.3 is 5.97 Å². The molecule has 0 saturated carbocycles. The molecular formula is C23H25ClN4O4S. The summed E-state index contributed by atoms with van der Waals surface area (Å²) in [4.78, 5) is 23.8. The van der Waals surface area contributed by atoms with Crippen molar-refractivity contribution >= 4 is 35.2 Å². The number of aromatic nitrogens is 3. The highest BCUT2D eigenvalue weighted by Crippen LogP contribution is 2.32. The number of hydrogen-bond donors (Lipinski definition) is 2. The predicted molar refractivity (Wildman–Crippen MR) is 128 cm³/mol. The molecule has 0 unspecified atom stereocenters. The number of aliphatic carboxylic acids is 1. The highest BCUT2D eigenvalue weighted by molar-refractivity contribution is 7.99. The SMILES string of the molecule is CCOc1ccc(-n2c(SCC(=O)N[C@H](C(=O)O)C(C)C)nnc2-c2ccccc2Cl)cc1. The molecule has 0 saturated heterocycles. The van der Waals surface area contributed by atoms with Gasteiger partial charge in [0, 0.05) is 11.3 Å². The van der Waals surface area contributed by atoms with Crippen molar-refractivity contribution in [2.24, 2.45) is 5.92 Å². The maximum absolute atomic E-state index is 12.4. The number of nitrogens with zero attached hydrogens (tertiary/aromatic N) is 3. The van der Waals surface area contributed by atoms with Gasteiger partial charge in [-0.3, -0.25) is 9.36 Å². The van der Waals surface area contributed by atoms with E-state index in [1.807, 2.05) is 54.0 Å². The van der Waals surface area contributed by atoms with E-state index in [0.29, 0.717) is 28.2 Å². The Morgan fingerprint density at radius 1 is 1.15 bits per heavy atom. The van der Waals surface area contributed by atoms with Crippen LogP contribution < -0.4 is 10.1 Å². The minimum absolute atomic E-state index is 0.0197. The third-order valence-electron chi connectivity index (χ3n) is 4.74. The van der Waals surface area contributed by atoms with E-state index >= 15 is 0 Å². The third-order valence-corrected chi connectivity index (χ3v) is 5.99. The normalized spacial score (nSPS) is 11.9. The van der Waals surface area contributed by atoms with Crippen LogP contribution in [0.3, 0.4) is 0 Å². The molecule has 3 rings (SSSR count). The Bertz CT molecular complexity index is 1120. The Hall–Kier alpha value is -3.04. The summed E-state index contributed by atoms with van der Waals surface area (Å²) in [6.07, 6.45) is 0.